The maximum Gasteiger partial charge on any atom is 0.169 e. The summed E-state index contributed by atoms with van der Waals surface area (Å²) in [6, 6.07) is 0. The molecule has 1 heterocycles. The van der Waals surface area contributed by atoms with Crippen LogP contribution in [-0.2, 0) is 7.05 Å². The van der Waals surface area contributed by atoms with Crippen molar-refractivity contribution < 1.29 is 4.79 Å². The molecule has 0 fully saturated rings. The van der Waals surface area contributed by atoms with E-state index in [1.54, 1.807) is 7.05 Å². The third kappa shape index (κ3) is 1.00. The minimum absolute atomic E-state index is 0.408. The zero-order chi connectivity index (χ0) is 7.72. The van der Waals surface area contributed by atoms with Crippen LogP contribution in [0.4, 0.5) is 5.82 Å². The van der Waals surface area contributed by atoms with Crippen molar-refractivity contribution in [1.29, 1.82) is 0 Å². The van der Waals surface area contributed by atoms with Gasteiger partial charge in [0.1, 0.15) is 5.69 Å². The van der Waals surface area contributed by atoms with Crippen molar-refractivity contribution in [2.75, 3.05) is 5.73 Å². The Labute approximate surface area is 71.5 Å². The van der Waals surface area contributed by atoms with E-state index >= 15 is 0 Å². The molecule has 0 bridgehead atoms. The van der Waals surface area contributed by atoms with E-state index in [0.717, 1.165) is 9.86 Å². The first kappa shape index (κ1) is 7.52. The van der Waals surface area contributed by atoms with Crippen LogP contribution < -0.4 is 5.73 Å². The van der Waals surface area contributed by atoms with Crippen LogP contribution in [0.5, 0.6) is 0 Å². The summed E-state index contributed by atoms with van der Waals surface area (Å²) in [7, 11) is 1.68. The Morgan fingerprint density at radius 3 is 2.60 bits per heavy atom. The summed E-state index contributed by atoms with van der Waals surface area (Å²) in [4.78, 5) is 10.3. The number of nitrogens with two attached hydrogens (primary N) is 1. The number of aryl methyl sites for hydroxylation is 1. The normalized spacial score (nSPS) is 9.80. The predicted molar refractivity (Wildman–Crippen MR) is 45.7 cm³/mol. The lowest BCUT2D eigenvalue weighted by Crippen LogP contribution is -1.96. The number of carbonyl (C=O) groups is 1. The molecule has 5 heteroatoms. The number of hydrogen-bond acceptors (Lipinski definition) is 3. The van der Waals surface area contributed by atoms with Crippen molar-refractivity contribution >= 4 is 34.7 Å². The molecule has 0 atom stereocenters. The van der Waals surface area contributed by atoms with E-state index in [1.165, 1.54) is 4.68 Å². The highest BCUT2D eigenvalue weighted by molar-refractivity contribution is 14.1. The Balaban J connectivity index is 3.33. The smallest absolute Gasteiger partial charge is 0.169 e. The third-order valence-electron chi connectivity index (χ3n) is 1.17. The molecule has 0 amide bonds. The molecule has 2 N–H and O–H groups in total. The number of aromatic nitrogens is 2. The fraction of sp³-hybridized carbons (Fsp3) is 0.200. The first-order chi connectivity index (χ1) is 4.66. The highest BCUT2D eigenvalue weighted by atomic mass is 127. The van der Waals surface area contributed by atoms with Gasteiger partial charge in [0.2, 0.25) is 0 Å². The topological polar surface area (TPSA) is 60.9 Å². The molecule has 1 rings (SSSR count). The van der Waals surface area contributed by atoms with Gasteiger partial charge in [-0.3, -0.25) is 9.48 Å². The second-order valence-corrected chi connectivity index (χ2v) is 2.90. The molecule has 0 spiro atoms. The van der Waals surface area contributed by atoms with Gasteiger partial charge < -0.3 is 5.73 Å². The molecule has 54 valence electrons. The Morgan fingerprint density at radius 2 is 2.40 bits per heavy atom. The molecule has 1 aromatic rings. The quantitative estimate of drug-likeness (QED) is 0.581. The zero-order valence-corrected chi connectivity index (χ0v) is 7.49. The number of halogens is 1. The van der Waals surface area contributed by atoms with Crippen LogP contribution in [-0.4, -0.2) is 16.1 Å². The Hall–Kier alpha value is -0.590. The van der Waals surface area contributed by atoms with Gasteiger partial charge in [0.25, 0.3) is 0 Å². The van der Waals surface area contributed by atoms with Gasteiger partial charge in [-0.1, -0.05) is 0 Å². The second kappa shape index (κ2) is 2.57. The molecule has 0 aliphatic carbocycles. The van der Waals surface area contributed by atoms with E-state index in [0.29, 0.717) is 11.5 Å². The minimum Gasteiger partial charge on any atom is -0.381 e. The van der Waals surface area contributed by atoms with Gasteiger partial charge in [0, 0.05) is 7.05 Å². The molecule has 0 aliphatic heterocycles. The number of carbonyl (C=O) groups excluding carboxylic acids is 1. The van der Waals surface area contributed by atoms with Crippen molar-refractivity contribution in [2.45, 2.75) is 0 Å². The van der Waals surface area contributed by atoms with Gasteiger partial charge in [-0.25, -0.2) is 0 Å². The van der Waals surface area contributed by atoms with E-state index in [1.807, 2.05) is 22.6 Å². The lowest BCUT2D eigenvalue weighted by Gasteiger charge is -1.88. The van der Waals surface area contributed by atoms with E-state index in [4.69, 9.17) is 5.73 Å². The van der Waals surface area contributed by atoms with E-state index in [-0.39, 0.29) is 0 Å². The standard InChI is InChI=1S/C5H6IN3O/c1-9-3(2-10)4(6)5(7)8-9/h2H,1H3,(H2,7,8). The minimum atomic E-state index is 0.408. The fourth-order valence-electron chi connectivity index (χ4n) is 0.661. The van der Waals surface area contributed by atoms with Crippen molar-refractivity contribution in [2.24, 2.45) is 7.05 Å². The molecule has 10 heavy (non-hydrogen) atoms. The summed E-state index contributed by atoms with van der Waals surface area (Å²) in [5.41, 5.74) is 5.94. The number of nitrogen functional groups attached to an aromatic ring is 1. The monoisotopic (exact) mass is 251 g/mol. The molecule has 0 saturated carbocycles. The summed E-state index contributed by atoms with van der Waals surface area (Å²) in [5, 5.41) is 3.84. The van der Waals surface area contributed by atoms with Crippen LogP contribution in [0.25, 0.3) is 0 Å². The predicted octanol–water partition coefficient (Wildman–Crippen LogP) is 0.419. The molecular weight excluding hydrogens is 245 g/mol. The number of rotatable bonds is 1. The SMILES string of the molecule is Cn1nc(N)c(I)c1C=O. The van der Waals surface area contributed by atoms with E-state index < -0.39 is 0 Å². The molecule has 1 aromatic heterocycles. The molecule has 4 nitrogen and oxygen atoms in total. The van der Waals surface area contributed by atoms with Crippen LogP contribution in [0.3, 0.4) is 0 Å². The maximum absolute atomic E-state index is 10.3. The second-order valence-electron chi connectivity index (χ2n) is 1.83. The van der Waals surface area contributed by atoms with Gasteiger partial charge in [-0.15, -0.1) is 0 Å². The molecule has 0 unspecified atom stereocenters. The first-order valence-corrected chi connectivity index (χ1v) is 3.68. The maximum atomic E-state index is 10.3. The van der Waals surface area contributed by atoms with Gasteiger partial charge in [-0.05, 0) is 22.6 Å². The molecule has 0 radical (unpaired) electrons. The van der Waals surface area contributed by atoms with Crippen LogP contribution in [0, 0.1) is 3.57 Å². The van der Waals surface area contributed by atoms with Gasteiger partial charge >= 0.3 is 0 Å². The molecular formula is C5H6IN3O. The number of anilines is 1. The average molecular weight is 251 g/mol. The molecule has 0 aliphatic rings. The lowest BCUT2D eigenvalue weighted by molar-refractivity contribution is 0.111. The summed E-state index contributed by atoms with van der Waals surface area (Å²) in [6.07, 6.45) is 0.741. The highest BCUT2D eigenvalue weighted by Crippen LogP contribution is 2.15. The van der Waals surface area contributed by atoms with E-state index in [9.17, 15) is 4.79 Å². The summed E-state index contributed by atoms with van der Waals surface area (Å²) in [5.74, 6) is 0.408. The third-order valence-corrected chi connectivity index (χ3v) is 2.27. The average Bonchev–Trinajstić information content (AvgIpc) is 2.09. The summed E-state index contributed by atoms with van der Waals surface area (Å²) in [6.45, 7) is 0. The van der Waals surface area contributed by atoms with Gasteiger partial charge in [0.15, 0.2) is 12.1 Å². The van der Waals surface area contributed by atoms with E-state index in [2.05, 4.69) is 5.10 Å². The summed E-state index contributed by atoms with van der Waals surface area (Å²) >= 11 is 1.99. The van der Waals surface area contributed by atoms with Crippen molar-refractivity contribution in [3.05, 3.63) is 9.26 Å². The summed E-state index contributed by atoms with van der Waals surface area (Å²) < 4.78 is 2.18. The Bertz CT molecular complexity index is 268. The Kier molecular flexibility index (Phi) is 1.93. The zero-order valence-electron chi connectivity index (χ0n) is 5.34. The van der Waals surface area contributed by atoms with Crippen molar-refractivity contribution in [3.8, 4) is 0 Å². The Morgan fingerprint density at radius 1 is 1.80 bits per heavy atom. The number of aldehydes is 1. The molecule has 0 aromatic carbocycles. The van der Waals surface area contributed by atoms with Gasteiger partial charge in [-0.2, -0.15) is 5.10 Å². The van der Waals surface area contributed by atoms with Crippen LogP contribution >= 0.6 is 22.6 Å². The lowest BCUT2D eigenvalue weighted by atomic mass is 10.4. The van der Waals surface area contributed by atoms with Crippen LogP contribution in [0.2, 0.25) is 0 Å². The molecule has 0 saturated heterocycles. The van der Waals surface area contributed by atoms with Gasteiger partial charge in [0.05, 0.1) is 3.57 Å². The fourth-order valence-corrected chi connectivity index (χ4v) is 1.24. The van der Waals surface area contributed by atoms with Crippen LogP contribution in [0.15, 0.2) is 0 Å². The van der Waals surface area contributed by atoms with Crippen LogP contribution in [0.1, 0.15) is 10.5 Å². The van der Waals surface area contributed by atoms with Crippen molar-refractivity contribution in [3.63, 3.8) is 0 Å². The number of nitrogens with zero attached hydrogens (tertiary/aromatic N) is 2. The van der Waals surface area contributed by atoms with Crippen molar-refractivity contribution in [1.82, 2.24) is 9.78 Å². The first-order valence-electron chi connectivity index (χ1n) is 2.60. The largest absolute Gasteiger partial charge is 0.381 e. The highest BCUT2D eigenvalue weighted by Gasteiger charge is 2.08. The number of hydrogen-bond donors (Lipinski definition) is 1.